The summed E-state index contributed by atoms with van der Waals surface area (Å²) in [6.07, 6.45) is 21.3. The molecule has 2 rings (SSSR count). The fourth-order valence-electron chi connectivity index (χ4n) is 4.25. The van der Waals surface area contributed by atoms with Crippen LogP contribution >= 0.6 is 0 Å². The Bertz CT molecular complexity index is 294. The third-order valence-electron chi connectivity index (χ3n) is 5.70. The van der Waals surface area contributed by atoms with Gasteiger partial charge in [-0.3, -0.25) is 4.99 Å². The molecule has 0 aromatic rings. The van der Waals surface area contributed by atoms with Gasteiger partial charge in [0.2, 0.25) is 0 Å². The number of hydrogen-bond acceptors (Lipinski definition) is 1. The van der Waals surface area contributed by atoms with E-state index in [1.807, 2.05) is 0 Å². The zero-order valence-electron chi connectivity index (χ0n) is 14.4. The van der Waals surface area contributed by atoms with Crippen molar-refractivity contribution in [2.75, 3.05) is 6.54 Å². The molecule has 0 amide bonds. The van der Waals surface area contributed by atoms with Gasteiger partial charge in [0.1, 0.15) is 0 Å². The average molecular weight is 292 g/mol. The Morgan fingerprint density at radius 1 is 0.667 bits per heavy atom. The molecule has 0 saturated heterocycles. The second kappa shape index (κ2) is 10.4. The maximum Gasteiger partial charge on any atom is 0.0388 e. The van der Waals surface area contributed by atoms with Crippen molar-refractivity contribution in [2.24, 2.45) is 16.8 Å². The Kier molecular flexibility index (Phi) is 8.44. The molecule has 1 fully saturated rings. The van der Waals surface area contributed by atoms with Crippen molar-refractivity contribution in [2.45, 2.75) is 103 Å². The molecule has 2 aliphatic rings. The topological polar surface area (TPSA) is 12.4 Å². The maximum absolute atomic E-state index is 5.08. The van der Waals surface area contributed by atoms with Gasteiger partial charge in [-0.25, -0.2) is 0 Å². The minimum Gasteiger partial charge on any atom is -0.294 e. The van der Waals surface area contributed by atoms with E-state index in [2.05, 4.69) is 6.92 Å². The third-order valence-corrected chi connectivity index (χ3v) is 5.70. The van der Waals surface area contributed by atoms with Gasteiger partial charge in [-0.05, 0) is 37.5 Å². The molecule has 0 bridgehead atoms. The molecule has 1 saturated carbocycles. The lowest BCUT2D eigenvalue weighted by Crippen LogP contribution is -2.23. The van der Waals surface area contributed by atoms with Crippen LogP contribution in [0.3, 0.4) is 0 Å². The Hall–Kier alpha value is -0.330. The van der Waals surface area contributed by atoms with Crippen molar-refractivity contribution in [3.8, 4) is 0 Å². The van der Waals surface area contributed by atoms with Crippen LogP contribution in [-0.4, -0.2) is 12.3 Å². The minimum atomic E-state index is 0.807. The number of hydrogen-bond donors (Lipinski definition) is 0. The van der Waals surface area contributed by atoms with Crippen molar-refractivity contribution < 1.29 is 0 Å². The average Bonchev–Trinajstić information content (AvgIpc) is 2.59. The molecule has 2 unspecified atom stereocenters. The number of rotatable bonds is 1. The zero-order valence-corrected chi connectivity index (χ0v) is 14.4. The van der Waals surface area contributed by atoms with Crippen LogP contribution < -0.4 is 0 Å². The summed E-state index contributed by atoms with van der Waals surface area (Å²) in [5.41, 5.74) is 1.61. The smallest absolute Gasteiger partial charge is 0.0388 e. The van der Waals surface area contributed by atoms with Crippen LogP contribution in [0.4, 0.5) is 0 Å². The van der Waals surface area contributed by atoms with Gasteiger partial charge in [0.05, 0.1) is 0 Å². The molecule has 0 N–H and O–H groups in total. The normalized spacial score (nSPS) is 33.7. The highest BCUT2D eigenvalue weighted by molar-refractivity contribution is 5.87. The van der Waals surface area contributed by atoms with Gasteiger partial charge < -0.3 is 0 Å². The standard InChI is InChI=1S/C20H37N/c1-18-14-10-6-3-2-4-7-11-15-19(18)20-16-12-8-5-9-13-17-21-20/h18-19H,2-17H2,1H3/b21-20+. The highest BCUT2D eigenvalue weighted by Crippen LogP contribution is 2.29. The summed E-state index contributed by atoms with van der Waals surface area (Å²) in [5.74, 6) is 1.67. The summed E-state index contributed by atoms with van der Waals surface area (Å²) in [4.78, 5) is 5.08. The monoisotopic (exact) mass is 291 g/mol. The van der Waals surface area contributed by atoms with E-state index in [4.69, 9.17) is 4.99 Å². The van der Waals surface area contributed by atoms with Crippen LogP contribution in [-0.2, 0) is 0 Å². The van der Waals surface area contributed by atoms with Gasteiger partial charge in [-0.1, -0.05) is 77.6 Å². The Balaban J connectivity index is 1.98. The molecular formula is C20H37N. The van der Waals surface area contributed by atoms with E-state index >= 15 is 0 Å². The number of nitrogens with zero attached hydrogens (tertiary/aromatic N) is 1. The van der Waals surface area contributed by atoms with Gasteiger partial charge >= 0.3 is 0 Å². The largest absolute Gasteiger partial charge is 0.294 e. The molecule has 0 spiro atoms. The fourth-order valence-corrected chi connectivity index (χ4v) is 4.25. The molecule has 0 aromatic heterocycles. The summed E-state index contributed by atoms with van der Waals surface area (Å²) < 4.78 is 0. The van der Waals surface area contributed by atoms with Crippen molar-refractivity contribution >= 4 is 5.71 Å². The predicted octanol–water partition coefficient (Wildman–Crippen LogP) is 6.56. The first-order valence-corrected chi connectivity index (χ1v) is 9.91. The molecule has 122 valence electrons. The van der Waals surface area contributed by atoms with E-state index in [-0.39, 0.29) is 0 Å². The molecule has 1 aliphatic heterocycles. The van der Waals surface area contributed by atoms with Crippen LogP contribution in [0.5, 0.6) is 0 Å². The van der Waals surface area contributed by atoms with Crippen molar-refractivity contribution in [3.05, 3.63) is 0 Å². The SMILES string of the molecule is CC1CCCCCCCCCC1/C1=N/CCCCCCC1. The van der Waals surface area contributed by atoms with Crippen LogP contribution in [0.25, 0.3) is 0 Å². The van der Waals surface area contributed by atoms with Crippen LogP contribution in [0.1, 0.15) is 103 Å². The summed E-state index contributed by atoms with van der Waals surface area (Å²) in [5, 5.41) is 0. The zero-order chi connectivity index (χ0) is 14.8. The van der Waals surface area contributed by atoms with Gasteiger partial charge in [0.25, 0.3) is 0 Å². The third kappa shape index (κ3) is 6.53. The molecule has 21 heavy (non-hydrogen) atoms. The number of aliphatic imine (C=N–C) groups is 1. The van der Waals surface area contributed by atoms with Crippen LogP contribution in [0.15, 0.2) is 4.99 Å². The molecule has 1 nitrogen and oxygen atoms in total. The lowest BCUT2D eigenvalue weighted by atomic mass is 9.80. The highest BCUT2D eigenvalue weighted by atomic mass is 14.7. The van der Waals surface area contributed by atoms with Crippen LogP contribution in [0, 0.1) is 11.8 Å². The van der Waals surface area contributed by atoms with E-state index in [9.17, 15) is 0 Å². The predicted molar refractivity (Wildman–Crippen MR) is 94.2 cm³/mol. The van der Waals surface area contributed by atoms with E-state index in [0.717, 1.165) is 18.4 Å². The second-order valence-corrected chi connectivity index (χ2v) is 7.53. The minimum absolute atomic E-state index is 0.807. The van der Waals surface area contributed by atoms with Gasteiger partial charge in [-0.2, -0.15) is 0 Å². The van der Waals surface area contributed by atoms with Gasteiger partial charge in [-0.15, -0.1) is 0 Å². The van der Waals surface area contributed by atoms with Gasteiger partial charge in [0.15, 0.2) is 0 Å². The molecule has 0 radical (unpaired) electrons. The molecule has 1 heteroatoms. The molecule has 0 aromatic carbocycles. The second-order valence-electron chi connectivity index (χ2n) is 7.53. The first kappa shape index (κ1) is 17.0. The Morgan fingerprint density at radius 3 is 2.00 bits per heavy atom. The van der Waals surface area contributed by atoms with E-state index in [1.165, 1.54) is 96.3 Å². The highest BCUT2D eigenvalue weighted by Gasteiger charge is 2.22. The molecular weight excluding hydrogens is 254 g/mol. The summed E-state index contributed by atoms with van der Waals surface area (Å²) in [6, 6.07) is 0. The maximum atomic E-state index is 5.08. The van der Waals surface area contributed by atoms with E-state index < -0.39 is 0 Å². The quantitative estimate of drug-likeness (QED) is 0.519. The van der Waals surface area contributed by atoms with E-state index in [0.29, 0.717) is 0 Å². The van der Waals surface area contributed by atoms with Crippen molar-refractivity contribution in [1.29, 1.82) is 0 Å². The van der Waals surface area contributed by atoms with Crippen molar-refractivity contribution in [1.82, 2.24) is 0 Å². The molecule has 1 aliphatic carbocycles. The summed E-state index contributed by atoms with van der Waals surface area (Å²) >= 11 is 0. The van der Waals surface area contributed by atoms with E-state index in [1.54, 1.807) is 5.71 Å². The van der Waals surface area contributed by atoms with Crippen LogP contribution in [0.2, 0.25) is 0 Å². The van der Waals surface area contributed by atoms with Crippen molar-refractivity contribution in [3.63, 3.8) is 0 Å². The Morgan fingerprint density at radius 2 is 1.24 bits per heavy atom. The lowest BCUT2D eigenvalue weighted by molar-refractivity contribution is 0.377. The first-order valence-electron chi connectivity index (χ1n) is 9.91. The summed E-state index contributed by atoms with van der Waals surface area (Å²) in [6.45, 7) is 3.62. The van der Waals surface area contributed by atoms with Gasteiger partial charge in [0, 0.05) is 12.3 Å². The lowest BCUT2D eigenvalue weighted by Gasteiger charge is -2.26. The molecule has 2 atom stereocenters. The fraction of sp³-hybridized carbons (Fsp3) is 0.950. The molecule has 1 heterocycles. The Labute approximate surface area is 133 Å². The summed E-state index contributed by atoms with van der Waals surface area (Å²) in [7, 11) is 0. The first-order chi connectivity index (χ1) is 10.4.